The molecule has 0 aliphatic heterocycles. The van der Waals surface area contributed by atoms with E-state index in [1.54, 1.807) is 0 Å². The van der Waals surface area contributed by atoms with Crippen LogP contribution >= 0.6 is 0 Å². The van der Waals surface area contributed by atoms with E-state index in [1.165, 1.54) is 19.3 Å². The van der Waals surface area contributed by atoms with Gasteiger partial charge in [-0.25, -0.2) is 0 Å². The molecule has 0 amide bonds. The normalized spacial score (nSPS) is 19.1. The van der Waals surface area contributed by atoms with Crippen LogP contribution in [0.2, 0.25) is 0 Å². The second-order valence-corrected chi connectivity index (χ2v) is 3.85. The van der Waals surface area contributed by atoms with Gasteiger partial charge in [-0.2, -0.15) is 0 Å². The molecule has 1 aliphatic rings. The molecule has 2 heteroatoms. The zero-order chi connectivity index (χ0) is 10.2. The number of carbonyl (C=O) groups excluding carboxylic acids is 1. The van der Waals surface area contributed by atoms with Crippen molar-refractivity contribution in [2.75, 3.05) is 6.61 Å². The van der Waals surface area contributed by atoms with E-state index in [9.17, 15) is 4.79 Å². The Morgan fingerprint density at radius 1 is 1.21 bits per heavy atom. The Morgan fingerprint density at radius 3 is 2.36 bits per heavy atom. The van der Waals surface area contributed by atoms with Crippen LogP contribution in [0.25, 0.3) is 0 Å². The molecule has 78 valence electrons. The van der Waals surface area contributed by atoms with E-state index in [2.05, 4.69) is 5.92 Å². The van der Waals surface area contributed by atoms with Gasteiger partial charge in [-0.3, -0.25) is 4.79 Å². The van der Waals surface area contributed by atoms with Crippen molar-refractivity contribution in [2.45, 2.75) is 44.9 Å². The van der Waals surface area contributed by atoms with Crippen LogP contribution in [0.3, 0.4) is 0 Å². The van der Waals surface area contributed by atoms with E-state index in [0.29, 0.717) is 0 Å². The molecule has 1 saturated carbocycles. The van der Waals surface area contributed by atoms with Gasteiger partial charge in [0.2, 0.25) is 0 Å². The number of carbonyl (C=O) groups is 1. The molecule has 0 bridgehead atoms. The van der Waals surface area contributed by atoms with E-state index in [-0.39, 0.29) is 18.5 Å². The zero-order valence-electron chi connectivity index (χ0n) is 8.63. The summed E-state index contributed by atoms with van der Waals surface area (Å²) >= 11 is 0. The van der Waals surface area contributed by atoms with Crippen LogP contribution in [0.5, 0.6) is 0 Å². The molecule has 0 heterocycles. The van der Waals surface area contributed by atoms with Gasteiger partial charge >= 0.3 is 5.97 Å². The van der Waals surface area contributed by atoms with Gasteiger partial charge in [0.05, 0.1) is 5.92 Å². The minimum absolute atomic E-state index is 0.0927. The number of rotatable bonds is 2. The SMILES string of the molecule is C#CCOC(=O)C1CCCCCCC1. The summed E-state index contributed by atoms with van der Waals surface area (Å²) in [6.45, 7) is 0.120. The fraction of sp³-hybridized carbons (Fsp3) is 0.750. The highest BCUT2D eigenvalue weighted by atomic mass is 16.5. The molecule has 0 aromatic heterocycles. The summed E-state index contributed by atoms with van der Waals surface area (Å²) in [4.78, 5) is 11.5. The quantitative estimate of drug-likeness (QED) is 0.498. The van der Waals surface area contributed by atoms with Crippen LogP contribution in [0.4, 0.5) is 0 Å². The smallest absolute Gasteiger partial charge is 0.309 e. The van der Waals surface area contributed by atoms with Crippen LogP contribution in [-0.4, -0.2) is 12.6 Å². The molecule has 0 unspecified atom stereocenters. The van der Waals surface area contributed by atoms with Gasteiger partial charge in [0.15, 0.2) is 6.61 Å². The summed E-state index contributed by atoms with van der Waals surface area (Å²) in [6.07, 6.45) is 13.1. The van der Waals surface area contributed by atoms with Gasteiger partial charge in [-0.05, 0) is 12.8 Å². The third-order valence-corrected chi connectivity index (χ3v) is 2.74. The Balaban J connectivity index is 2.32. The van der Waals surface area contributed by atoms with Gasteiger partial charge in [0.25, 0.3) is 0 Å². The Labute approximate surface area is 86.0 Å². The molecule has 0 saturated heterocycles. The molecule has 14 heavy (non-hydrogen) atoms. The van der Waals surface area contributed by atoms with Crippen molar-refractivity contribution in [3.8, 4) is 12.3 Å². The van der Waals surface area contributed by atoms with Crippen molar-refractivity contribution >= 4 is 5.97 Å². The average molecular weight is 194 g/mol. The monoisotopic (exact) mass is 194 g/mol. The second-order valence-electron chi connectivity index (χ2n) is 3.85. The minimum atomic E-state index is -0.0927. The molecule has 2 nitrogen and oxygen atoms in total. The maximum absolute atomic E-state index is 11.5. The number of esters is 1. The zero-order valence-corrected chi connectivity index (χ0v) is 8.63. The molecule has 0 radical (unpaired) electrons. The van der Waals surface area contributed by atoms with E-state index >= 15 is 0 Å². The van der Waals surface area contributed by atoms with E-state index in [4.69, 9.17) is 11.2 Å². The molecule has 1 rings (SSSR count). The van der Waals surface area contributed by atoms with Gasteiger partial charge in [-0.1, -0.05) is 38.0 Å². The van der Waals surface area contributed by atoms with Crippen molar-refractivity contribution in [3.05, 3.63) is 0 Å². The summed E-state index contributed by atoms with van der Waals surface area (Å²) in [5.74, 6) is 2.33. The number of terminal acetylenes is 1. The van der Waals surface area contributed by atoms with E-state index in [1.807, 2.05) is 0 Å². The van der Waals surface area contributed by atoms with Crippen molar-refractivity contribution < 1.29 is 9.53 Å². The third-order valence-electron chi connectivity index (χ3n) is 2.74. The predicted molar refractivity (Wildman–Crippen MR) is 55.6 cm³/mol. The summed E-state index contributed by atoms with van der Waals surface area (Å²) in [5, 5.41) is 0. The highest BCUT2D eigenvalue weighted by molar-refractivity contribution is 5.72. The summed E-state index contributed by atoms with van der Waals surface area (Å²) in [7, 11) is 0. The van der Waals surface area contributed by atoms with Crippen LogP contribution in [-0.2, 0) is 9.53 Å². The lowest BCUT2D eigenvalue weighted by Gasteiger charge is -2.17. The molecule has 0 aromatic rings. The van der Waals surface area contributed by atoms with E-state index < -0.39 is 0 Å². The Morgan fingerprint density at radius 2 is 1.79 bits per heavy atom. The van der Waals surface area contributed by atoms with Gasteiger partial charge in [0.1, 0.15) is 0 Å². The highest BCUT2D eigenvalue weighted by Gasteiger charge is 2.20. The van der Waals surface area contributed by atoms with E-state index in [0.717, 1.165) is 25.7 Å². The molecule has 0 aromatic carbocycles. The van der Waals surface area contributed by atoms with Crippen molar-refractivity contribution in [1.29, 1.82) is 0 Å². The molecule has 0 spiro atoms. The Bertz CT molecular complexity index is 207. The van der Waals surface area contributed by atoms with Crippen molar-refractivity contribution in [3.63, 3.8) is 0 Å². The molecule has 1 fully saturated rings. The summed E-state index contributed by atoms with van der Waals surface area (Å²) in [6, 6.07) is 0. The number of hydrogen-bond donors (Lipinski definition) is 0. The van der Waals surface area contributed by atoms with Crippen molar-refractivity contribution in [2.24, 2.45) is 5.92 Å². The lowest BCUT2D eigenvalue weighted by atomic mass is 9.91. The van der Waals surface area contributed by atoms with Gasteiger partial charge in [0, 0.05) is 0 Å². The molecule has 1 aliphatic carbocycles. The fourth-order valence-corrected chi connectivity index (χ4v) is 1.92. The first-order chi connectivity index (χ1) is 6.84. The maximum Gasteiger partial charge on any atom is 0.309 e. The first kappa shape index (κ1) is 11.1. The third kappa shape index (κ3) is 3.83. The molecule has 0 atom stereocenters. The van der Waals surface area contributed by atoms with Gasteiger partial charge in [-0.15, -0.1) is 6.42 Å². The molecular weight excluding hydrogens is 176 g/mol. The first-order valence-electron chi connectivity index (χ1n) is 5.44. The Kier molecular flexibility index (Phi) is 5.14. The molecular formula is C12H18O2. The number of ether oxygens (including phenoxy) is 1. The largest absolute Gasteiger partial charge is 0.452 e. The topological polar surface area (TPSA) is 26.3 Å². The van der Waals surface area contributed by atoms with Gasteiger partial charge < -0.3 is 4.74 Å². The Hall–Kier alpha value is -0.970. The summed E-state index contributed by atoms with van der Waals surface area (Å²) in [5.41, 5.74) is 0. The summed E-state index contributed by atoms with van der Waals surface area (Å²) < 4.78 is 4.95. The second kappa shape index (κ2) is 6.48. The maximum atomic E-state index is 11.5. The lowest BCUT2D eigenvalue weighted by Crippen LogP contribution is -2.19. The van der Waals surface area contributed by atoms with Crippen LogP contribution in [0.1, 0.15) is 44.9 Å². The number of hydrogen-bond acceptors (Lipinski definition) is 2. The predicted octanol–water partition coefficient (Wildman–Crippen LogP) is 2.52. The van der Waals surface area contributed by atoms with Crippen LogP contribution in [0.15, 0.2) is 0 Å². The highest BCUT2D eigenvalue weighted by Crippen LogP contribution is 2.23. The standard InChI is InChI=1S/C12H18O2/c1-2-10-14-12(13)11-8-6-4-3-5-7-9-11/h1,11H,3-10H2. The first-order valence-corrected chi connectivity index (χ1v) is 5.44. The average Bonchev–Trinajstić information content (AvgIpc) is 2.13. The fourth-order valence-electron chi connectivity index (χ4n) is 1.92. The van der Waals surface area contributed by atoms with Crippen LogP contribution < -0.4 is 0 Å². The molecule has 0 N–H and O–H groups in total. The van der Waals surface area contributed by atoms with Crippen LogP contribution in [0, 0.1) is 18.3 Å². The van der Waals surface area contributed by atoms with Crippen molar-refractivity contribution in [1.82, 2.24) is 0 Å². The lowest BCUT2D eigenvalue weighted by molar-refractivity contribution is -0.147. The minimum Gasteiger partial charge on any atom is -0.452 e.